The number of phosphoric acid groups is 1. The summed E-state index contributed by atoms with van der Waals surface area (Å²) >= 11 is 0. The van der Waals surface area contributed by atoms with E-state index in [1.165, 1.54) is 103 Å². The van der Waals surface area contributed by atoms with Crippen LogP contribution in [0.25, 0.3) is 0 Å². The van der Waals surface area contributed by atoms with Crippen molar-refractivity contribution in [1.82, 2.24) is 5.32 Å². The summed E-state index contributed by atoms with van der Waals surface area (Å²) < 4.78 is 34.0. The number of unbranched alkanes of at least 4 members (excludes halogenated alkanes) is 20. The monoisotopic (exact) mass is 1030 g/mol. The van der Waals surface area contributed by atoms with Crippen molar-refractivity contribution in [3.05, 3.63) is 97.2 Å². The van der Waals surface area contributed by atoms with Crippen molar-refractivity contribution < 1.29 is 42.4 Å². The molecule has 0 aliphatic carbocycles. The van der Waals surface area contributed by atoms with Gasteiger partial charge < -0.3 is 19.7 Å². The average Bonchev–Trinajstić information content (AvgIpc) is 3.37. The molecule has 1 amide bonds. The summed E-state index contributed by atoms with van der Waals surface area (Å²) in [6, 6.07) is 0. The smallest absolute Gasteiger partial charge is 0.462 e. The van der Waals surface area contributed by atoms with E-state index in [9.17, 15) is 23.8 Å². The summed E-state index contributed by atoms with van der Waals surface area (Å²) in [5.74, 6) is -1.12. The van der Waals surface area contributed by atoms with Gasteiger partial charge >= 0.3 is 19.8 Å². The zero-order chi connectivity index (χ0) is 52.5. The first-order chi connectivity index (χ1) is 35.2. The predicted molar refractivity (Wildman–Crippen MR) is 303 cm³/mol. The molecule has 0 fully saturated rings. The number of nitrogens with one attached hydrogen (secondary N) is 1. The molecule has 0 aromatic carbocycles. The van der Waals surface area contributed by atoms with E-state index in [0.717, 1.165) is 70.6 Å². The molecule has 0 bridgehead atoms. The van der Waals surface area contributed by atoms with Crippen LogP contribution in [0.5, 0.6) is 0 Å². The van der Waals surface area contributed by atoms with E-state index in [2.05, 4.69) is 117 Å². The highest BCUT2D eigenvalue weighted by Gasteiger charge is 2.26. The second-order valence-electron chi connectivity index (χ2n) is 18.7. The largest absolute Gasteiger partial charge is 0.472 e. The number of rotatable bonds is 52. The van der Waals surface area contributed by atoms with Gasteiger partial charge in [0, 0.05) is 25.8 Å². The summed E-state index contributed by atoms with van der Waals surface area (Å²) in [4.78, 5) is 48.1. The van der Waals surface area contributed by atoms with Crippen molar-refractivity contribution in [1.29, 1.82) is 0 Å². The number of ether oxygens (including phenoxy) is 2. The number of amides is 1. The Hall–Kier alpha value is -3.56. The Morgan fingerprint density at radius 2 is 0.792 bits per heavy atom. The van der Waals surface area contributed by atoms with Gasteiger partial charge in [-0.25, -0.2) is 4.57 Å². The second-order valence-corrected chi connectivity index (χ2v) is 20.1. The SMILES string of the molecule is CCCCC/C=C\C/C=C\C/C=C\C/C=C\CCCC(=O)NCCOP(=O)(O)OC[C@@H](COC(=O)CCCCCCCCCCCCCCC)OC(=O)CCC/C=C\C/C=C\C/C=C\C/C=C\CCCCC. The van der Waals surface area contributed by atoms with Crippen molar-refractivity contribution in [3.8, 4) is 0 Å². The van der Waals surface area contributed by atoms with Crippen LogP contribution in [0.1, 0.15) is 239 Å². The standard InChI is InChI=1S/C61H104NO9P/c1-4-7-10-13-16-19-22-25-27-29-31-34-36-39-42-45-48-51-59(63)62-54-55-69-72(66,67)70-57-58(56-68-60(64)52-49-46-43-40-37-33-24-21-18-15-12-9-6-3)71-61(65)53-50-47-44-41-38-35-32-30-28-26-23-20-17-14-11-8-5-2/h16-17,19-20,25-28,31-32,34-35,39,41-42,44,58H,4-15,18,21-24,29-30,33,36-38,40,43,45-57H2,1-3H3,(H,62,63)(H,66,67)/b19-16-,20-17-,27-25-,28-26-,34-31-,35-32-,42-39-,44-41-/t58-/m1/s1. The number of hydrogen-bond donors (Lipinski definition) is 2. The molecule has 10 nitrogen and oxygen atoms in total. The molecule has 0 saturated carbocycles. The van der Waals surface area contributed by atoms with Crippen LogP contribution in [0.4, 0.5) is 0 Å². The molecule has 412 valence electrons. The van der Waals surface area contributed by atoms with E-state index in [1.807, 2.05) is 6.08 Å². The van der Waals surface area contributed by atoms with E-state index < -0.39 is 32.5 Å². The number of phosphoric ester groups is 1. The van der Waals surface area contributed by atoms with Gasteiger partial charge in [-0.2, -0.15) is 0 Å². The minimum atomic E-state index is -4.58. The maximum Gasteiger partial charge on any atom is 0.472 e. The van der Waals surface area contributed by atoms with Crippen molar-refractivity contribution in [3.63, 3.8) is 0 Å². The van der Waals surface area contributed by atoms with Crippen LogP contribution in [-0.4, -0.2) is 55.2 Å². The second kappa shape index (κ2) is 55.2. The first kappa shape index (κ1) is 68.4. The van der Waals surface area contributed by atoms with Crippen molar-refractivity contribution in [2.24, 2.45) is 0 Å². The van der Waals surface area contributed by atoms with Crippen LogP contribution in [0.2, 0.25) is 0 Å². The molecule has 2 atom stereocenters. The van der Waals surface area contributed by atoms with Gasteiger partial charge in [0.25, 0.3) is 0 Å². The van der Waals surface area contributed by atoms with Gasteiger partial charge in [0.05, 0.1) is 13.2 Å². The number of esters is 2. The minimum absolute atomic E-state index is 0.0196. The lowest BCUT2D eigenvalue weighted by atomic mass is 10.0. The van der Waals surface area contributed by atoms with E-state index >= 15 is 0 Å². The maximum atomic E-state index is 12.8. The van der Waals surface area contributed by atoms with Gasteiger partial charge in [-0.05, 0) is 96.3 Å². The van der Waals surface area contributed by atoms with E-state index in [0.29, 0.717) is 32.1 Å². The number of carbonyl (C=O) groups is 3. The van der Waals surface area contributed by atoms with E-state index in [-0.39, 0.29) is 38.5 Å². The predicted octanol–water partition coefficient (Wildman–Crippen LogP) is 17.5. The Kier molecular flexibility index (Phi) is 52.5. The molecule has 0 aliphatic heterocycles. The lowest BCUT2D eigenvalue weighted by molar-refractivity contribution is -0.161. The Bertz CT molecular complexity index is 1560. The van der Waals surface area contributed by atoms with E-state index in [1.54, 1.807) is 0 Å². The van der Waals surface area contributed by atoms with Crippen molar-refractivity contribution in [2.75, 3.05) is 26.4 Å². The van der Waals surface area contributed by atoms with Gasteiger partial charge in [0.15, 0.2) is 6.10 Å². The zero-order valence-corrected chi connectivity index (χ0v) is 46.7. The summed E-state index contributed by atoms with van der Waals surface area (Å²) in [5.41, 5.74) is 0. The summed E-state index contributed by atoms with van der Waals surface area (Å²) in [7, 11) is -4.58. The zero-order valence-electron chi connectivity index (χ0n) is 45.8. The molecule has 2 N–H and O–H groups in total. The fourth-order valence-electron chi connectivity index (χ4n) is 7.43. The Labute approximate surface area is 440 Å². The third-order valence-corrected chi connectivity index (χ3v) is 12.7. The molecule has 1 unspecified atom stereocenters. The molecule has 72 heavy (non-hydrogen) atoms. The fraction of sp³-hybridized carbons (Fsp3) is 0.689. The molecule has 0 saturated heterocycles. The van der Waals surface area contributed by atoms with Crippen molar-refractivity contribution in [2.45, 2.75) is 245 Å². The van der Waals surface area contributed by atoms with Gasteiger partial charge in [0.1, 0.15) is 6.61 Å². The lowest BCUT2D eigenvalue weighted by Gasteiger charge is -2.20. The molecule has 0 rings (SSSR count). The Morgan fingerprint density at radius 1 is 0.431 bits per heavy atom. The third-order valence-electron chi connectivity index (χ3n) is 11.8. The molecular weight excluding hydrogens is 922 g/mol. The molecule has 0 heterocycles. The van der Waals surface area contributed by atoms with Crippen LogP contribution in [-0.2, 0) is 37.5 Å². The van der Waals surface area contributed by atoms with Crippen LogP contribution in [0.3, 0.4) is 0 Å². The molecule has 11 heteroatoms. The van der Waals surface area contributed by atoms with Crippen LogP contribution in [0, 0.1) is 0 Å². The molecular formula is C61H104NO9P. The number of allylic oxidation sites excluding steroid dienone is 16. The van der Waals surface area contributed by atoms with Gasteiger partial charge in [0.2, 0.25) is 5.91 Å². The highest BCUT2D eigenvalue weighted by atomic mass is 31.2. The maximum absolute atomic E-state index is 12.8. The average molecular weight is 1030 g/mol. The van der Waals surface area contributed by atoms with Crippen molar-refractivity contribution >= 4 is 25.7 Å². The number of carbonyl (C=O) groups excluding carboxylic acids is 3. The van der Waals surface area contributed by atoms with Crippen LogP contribution >= 0.6 is 7.82 Å². The van der Waals surface area contributed by atoms with Crippen LogP contribution in [0.15, 0.2) is 97.2 Å². The molecule has 0 aliphatic rings. The lowest BCUT2D eigenvalue weighted by Crippen LogP contribution is -2.30. The Morgan fingerprint density at radius 3 is 1.24 bits per heavy atom. The highest BCUT2D eigenvalue weighted by molar-refractivity contribution is 7.47. The van der Waals surface area contributed by atoms with Gasteiger partial charge in [-0.1, -0.05) is 221 Å². The fourth-order valence-corrected chi connectivity index (χ4v) is 8.18. The quantitative estimate of drug-likeness (QED) is 0.0264. The molecule has 0 aromatic rings. The molecule has 0 radical (unpaired) electrons. The highest BCUT2D eigenvalue weighted by Crippen LogP contribution is 2.43. The topological polar surface area (TPSA) is 137 Å². The van der Waals surface area contributed by atoms with Gasteiger partial charge in [-0.3, -0.25) is 23.4 Å². The van der Waals surface area contributed by atoms with E-state index in [4.69, 9.17) is 18.5 Å². The first-order valence-corrected chi connectivity index (χ1v) is 30.2. The first-order valence-electron chi connectivity index (χ1n) is 28.7. The van der Waals surface area contributed by atoms with Crippen LogP contribution < -0.4 is 5.32 Å². The third kappa shape index (κ3) is 54.2. The number of hydrogen-bond acceptors (Lipinski definition) is 8. The summed E-state index contributed by atoms with van der Waals surface area (Å²) in [6.45, 7) is 5.63. The Balaban J connectivity index is 4.66. The summed E-state index contributed by atoms with van der Waals surface area (Å²) in [6.07, 6.45) is 67.8. The minimum Gasteiger partial charge on any atom is -0.462 e. The normalized spacial score (nSPS) is 13.7. The van der Waals surface area contributed by atoms with Gasteiger partial charge in [-0.15, -0.1) is 0 Å². The molecule has 0 spiro atoms. The molecule has 0 aromatic heterocycles. The summed E-state index contributed by atoms with van der Waals surface area (Å²) in [5, 5.41) is 2.70.